The van der Waals surface area contributed by atoms with Gasteiger partial charge in [-0.05, 0) is 36.6 Å². The summed E-state index contributed by atoms with van der Waals surface area (Å²) in [6.07, 6.45) is 3.51. The molecular formula is C22H17N3O3S2. The maximum atomic E-state index is 12.7. The predicted molar refractivity (Wildman–Crippen MR) is 119 cm³/mol. The SMILES string of the molecule is C=CCN1C(=O)c2ccc(C(=O)Nc3nc(-c4ccc(SC)cc4)cs3)cc2C1=O. The van der Waals surface area contributed by atoms with Crippen LogP contribution >= 0.6 is 23.1 Å². The topological polar surface area (TPSA) is 79.4 Å². The zero-order valence-corrected chi connectivity index (χ0v) is 17.7. The Morgan fingerprint density at radius 3 is 2.60 bits per heavy atom. The number of nitrogens with one attached hydrogen (secondary N) is 1. The molecule has 3 amide bonds. The Hall–Kier alpha value is -3.23. The van der Waals surface area contributed by atoms with E-state index in [0.29, 0.717) is 10.7 Å². The number of carbonyl (C=O) groups excluding carboxylic acids is 3. The molecule has 2 heterocycles. The van der Waals surface area contributed by atoms with Crippen LogP contribution in [0.15, 0.2) is 65.4 Å². The van der Waals surface area contributed by atoms with Crippen molar-refractivity contribution in [2.75, 3.05) is 18.1 Å². The number of fused-ring (bicyclic) bond motifs is 1. The Labute approximate surface area is 181 Å². The quantitative estimate of drug-likeness (QED) is 0.349. The van der Waals surface area contributed by atoms with Gasteiger partial charge in [-0.25, -0.2) is 4.98 Å². The highest BCUT2D eigenvalue weighted by Gasteiger charge is 2.35. The van der Waals surface area contributed by atoms with Gasteiger partial charge in [-0.2, -0.15) is 0 Å². The zero-order valence-electron chi connectivity index (χ0n) is 16.0. The Morgan fingerprint density at radius 1 is 1.17 bits per heavy atom. The molecule has 0 spiro atoms. The molecule has 1 aliphatic rings. The van der Waals surface area contributed by atoms with E-state index in [1.54, 1.807) is 11.8 Å². The van der Waals surface area contributed by atoms with E-state index in [9.17, 15) is 14.4 Å². The van der Waals surface area contributed by atoms with E-state index in [2.05, 4.69) is 16.9 Å². The van der Waals surface area contributed by atoms with E-state index in [1.165, 1.54) is 40.5 Å². The number of amides is 3. The van der Waals surface area contributed by atoms with Crippen LogP contribution in [0.2, 0.25) is 0 Å². The number of thiazole rings is 1. The van der Waals surface area contributed by atoms with Gasteiger partial charge in [-0.3, -0.25) is 24.6 Å². The average molecular weight is 436 g/mol. The van der Waals surface area contributed by atoms with Gasteiger partial charge in [0.1, 0.15) is 0 Å². The van der Waals surface area contributed by atoms with E-state index in [-0.39, 0.29) is 29.5 Å². The van der Waals surface area contributed by atoms with E-state index in [0.717, 1.165) is 16.2 Å². The molecule has 1 aliphatic heterocycles. The molecule has 0 fully saturated rings. The molecule has 1 aromatic heterocycles. The summed E-state index contributed by atoms with van der Waals surface area (Å²) in [5.41, 5.74) is 2.55. The zero-order chi connectivity index (χ0) is 21.3. The highest BCUT2D eigenvalue weighted by atomic mass is 32.2. The lowest BCUT2D eigenvalue weighted by atomic mass is 10.1. The van der Waals surface area contributed by atoms with Gasteiger partial charge >= 0.3 is 0 Å². The minimum atomic E-state index is -0.422. The fraction of sp³-hybridized carbons (Fsp3) is 0.0909. The van der Waals surface area contributed by atoms with Gasteiger partial charge in [-0.15, -0.1) is 29.7 Å². The molecule has 0 saturated heterocycles. The molecule has 3 aromatic rings. The smallest absolute Gasteiger partial charge is 0.261 e. The van der Waals surface area contributed by atoms with Crippen molar-refractivity contribution in [1.29, 1.82) is 0 Å². The second-order valence-corrected chi connectivity index (χ2v) is 8.23. The van der Waals surface area contributed by atoms with Crippen LogP contribution in [-0.2, 0) is 0 Å². The van der Waals surface area contributed by atoms with Gasteiger partial charge in [-0.1, -0.05) is 18.2 Å². The molecule has 0 bridgehead atoms. The fourth-order valence-electron chi connectivity index (χ4n) is 3.12. The van der Waals surface area contributed by atoms with Crippen LogP contribution in [-0.4, -0.2) is 40.4 Å². The third-order valence-electron chi connectivity index (χ3n) is 4.65. The van der Waals surface area contributed by atoms with Gasteiger partial charge < -0.3 is 0 Å². The van der Waals surface area contributed by atoms with Crippen LogP contribution in [0.5, 0.6) is 0 Å². The number of hydrogen-bond donors (Lipinski definition) is 1. The van der Waals surface area contributed by atoms with E-state index >= 15 is 0 Å². The standard InChI is InChI=1S/C22H17N3O3S2/c1-3-10-25-20(27)16-9-6-14(11-17(16)21(25)28)19(26)24-22-23-18(12-30-22)13-4-7-15(29-2)8-5-13/h3-9,11-12H,1,10H2,2H3,(H,23,24,26). The van der Waals surface area contributed by atoms with E-state index in [1.807, 2.05) is 35.9 Å². The molecule has 150 valence electrons. The van der Waals surface area contributed by atoms with E-state index in [4.69, 9.17) is 0 Å². The summed E-state index contributed by atoms with van der Waals surface area (Å²) in [6.45, 7) is 3.70. The maximum Gasteiger partial charge on any atom is 0.261 e. The molecule has 0 saturated carbocycles. The second-order valence-electron chi connectivity index (χ2n) is 6.49. The van der Waals surface area contributed by atoms with Crippen molar-refractivity contribution >= 4 is 46.0 Å². The number of benzene rings is 2. The molecule has 0 atom stereocenters. The second kappa shape index (κ2) is 8.25. The van der Waals surface area contributed by atoms with Crippen LogP contribution in [0.1, 0.15) is 31.1 Å². The van der Waals surface area contributed by atoms with Crippen LogP contribution in [0.3, 0.4) is 0 Å². The Balaban J connectivity index is 1.52. The van der Waals surface area contributed by atoms with Gasteiger partial charge in [0.25, 0.3) is 17.7 Å². The first-order valence-electron chi connectivity index (χ1n) is 9.04. The lowest BCUT2D eigenvalue weighted by molar-refractivity contribution is 0.0672. The summed E-state index contributed by atoms with van der Waals surface area (Å²) in [7, 11) is 0. The summed E-state index contributed by atoms with van der Waals surface area (Å²) in [5.74, 6) is -1.19. The Bertz CT molecular complexity index is 1170. The number of anilines is 1. The van der Waals surface area contributed by atoms with Crippen LogP contribution in [0, 0.1) is 0 Å². The molecule has 0 aliphatic carbocycles. The third kappa shape index (κ3) is 3.67. The first-order valence-corrected chi connectivity index (χ1v) is 11.1. The number of aromatic nitrogens is 1. The number of thioether (sulfide) groups is 1. The van der Waals surface area contributed by atoms with E-state index < -0.39 is 5.91 Å². The summed E-state index contributed by atoms with van der Waals surface area (Å²) in [4.78, 5) is 44.2. The van der Waals surface area contributed by atoms with Gasteiger partial charge in [0.05, 0.1) is 16.8 Å². The number of hydrogen-bond acceptors (Lipinski definition) is 6. The molecule has 8 heteroatoms. The molecule has 0 radical (unpaired) electrons. The molecule has 4 rings (SSSR count). The predicted octanol–water partition coefficient (Wildman–Crippen LogP) is 4.57. The van der Waals surface area contributed by atoms with Crippen molar-refractivity contribution in [3.8, 4) is 11.3 Å². The Morgan fingerprint density at radius 2 is 1.90 bits per heavy atom. The Kier molecular flexibility index (Phi) is 5.52. The summed E-state index contributed by atoms with van der Waals surface area (Å²) >= 11 is 2.99. The number of nitrogens with zero attached hydrogens (tertiary/aromatic N) is 2. The minimum absolute atomic E-state index is 0.133. The first kappa shape index (κ1) is 20.1. The summed E-state index contributed by atoms with van der Waals surface area (Å²) in [6, 6.07) is 12.5. The van der Waals surface area contributed by atoms with Gasteiger partial charge in [0, 0.05) is 27.9 Å². The minimum Gasteiger partial charge on any atom is -0.298 e. The maximum absolute atomic E-state index is 12.7. The van der Waals surface area contributed by atoms with Gasteiger partial charge in [0.15, 0.2) is 5.13 Å². The third-order valence-corrected chi connectivity index (χ3v) is 6.16. The molecule has 30 heavy (non-hydrogen) atoms. The molecule has 6 nitrogen and oxygen atoms in total. The molecule has 2 aromatic carbocycles. The highest BCUT2D eigenvalue weighted by Crippen LogP contribution is 2.28. The largest absolute Gasteiger partial charge is 0.298 e. The summed E-state index contributed by atoms with van der Waals surface area (Å²) < 4.78 is 0. The van der Waals surface area contributed by atoms with Crippen LogP contribution < -0.4 is 5.32 Å². The average Bonchev–Trinajstić information content (AvgIpc) is 3.32. The van der Waals surface area contributed by atoms with Crippen molar-refractivity contribution in [2.45, 2.75) is 4.90 Å². The normalized spacial score (nSPS) is 12.8. The lowest BCUT2D eigenvalue weighted by Crippen LogP contribution is -2.29. The lowest BCUT2D eigenvalue weighted by Gasteiger charge is -2.09. The fourth-order valence-corrected chi connectivity index (χ4v) is 4.24. The number of rotatable bonds is 6. The van der Waals surface area contributed by atoms with Crippen molar-refractivity contribution in [3.63, 3.8) is 0 Å². The van der Waals surface area contributed by atoms with Crippen molar-refractivity contribution in [1.82, 2.24) is 9.88 Å². The van der Waals surface area contributed by atoms with Crippen molar-refractivity contribution in [2.24, 2.45) is 0 Å². The van der Waals surface area contributed by atoms with Crippen LogP contribution in [0.4, 0.5) is 5.13 Å². The molecular weight excluding hydrogens is 418 g/mol. The number of imide groups is 1. The molecule has 0 unspecified atom stereocenters. The highest BCUT2D eigenvalue weighted by molar-refractivity contribution is 7.98. The van der Waals surface area contributed by atoms with Crippen molar-refractivity contribution in [3.05, 3.63) is 77.2 Å². The molecule has 1 N–H and O–H groups in total. The first-order chi connectivity index (χ1) is 14.5. The van der Waals surface area contributed by atoms with Crippen LogP contribution in [0.25, 0.3) is 11.3 Å². The number of carbonyl (C=O) groups is 3. The van der Waals surface area contributed by atoms with Crippen molar-refractivity contribution < 1.29 is 14.4 Å². The monoisotopic (exact) mass is 435 g/mol. The van der Waals surface area contributed by atoms with Gasteiger partial charge in [0.2, 0.25) is 0 Å². The summed E-state index contributed by atoms with van der Waals surface area (Å²) in [5, 5.41) is 5.10.